The van der Waals surface area contributed by atoms with Crippen LogP contribution in [0.2, 0.25) is 0 Å². The number of nitrogens with one attached hydrogen (secondary N) is 1. The van der Waals surface area contributed by atoms with Gasteiger partial charge in [0, 0.05) is 24.5 Å². The molecular formula is C14H24N2O2. The minimum absolute atomic E-state index is 0.0406. The minimum Gasteiger partial charge on any atom is -0.377 e. The number of hydrogen-bond donors (Lipinski definition) is 2. The molecule has 0 bridgehead atoms. The number of nitrogens with two attached hydrogens (primary N) is 1. The lowest BCUT2D eigenvalue weighted by molar-refractivity contribution is -0.225. The highest BCUT2D eigenvalue weighted by atomic mass is 16.5. The molecule has 0 aromatic carbocycles. The number of fused-ring (bicyclic) bond motifs is 1. The van der Waals surface area contributed by atoms with E-state index in [1.54, 1.807) is 6.08 Å². The molecule has 1 aliphatic heterocycles. The molecule has 1 saturated heterocycles. The molecule has 0 aromatic heterocycles. The minimum atomic E-state index is -0.792. The van der Waals surface area contributed by atoms with Gasteiger partial charge in [-0.25, -0.2) is 0 Å². The fraction of sp³-hybridized carbons (Fsp3) is 0.786. The fourth-order valence-corrected chi connectivity index (χ4v) is 3.47. The summed E-state index contributed by atoms with van der Waals surface area (Å²) < 4.78 is 5.79. The number of amides is 1. The maximum Gasteiger partial charge on any atom is 0.241 e. The van der Waals surface area contributed by atoms with E-state index in [1.807, 2.05) is 13.8 Å². The van der Waals surface area contributed by atoms with Gasteiger partial charge in [0.15, 0.2) is 0 Å². The van der Waals surface area contributed by atoms with Gasteiger partial charge in [-0.3, -0.25) is 4.79 Å². The van der Waals surface area contributed by atoms with E-state index in [0.717, 1.165) is 25.9 Å². The van der Waals surface area contributed by atoms with Crippen LogP contribution in [-0.4, -0.2) is 30.7 Å². The number of carbonyl (C=O) groups is 1. The quantitative estimate of drug-likeness (QED) is 0.584. The fourth-order valence-electron chi connectivity index (χ4n) is 3.47. The molecule has 2 aliphatic rings. The zero-order chi connectivity index (χ0) is 13.4. The Labute approximate surface area is 109 Å². The van der Waals surface area contributed by atoms with Gasteiger partial charge in [0.1, 0.15) is 5.54 Å². The van der Waals surface area contributed by atoms with Crippen LogP contribution in [0.3, 0.4) is 0 Å². The van der Waals surface area contributed by atoms with Gasteiger partial charge >= 0.3 is 0 Å². The molecule has 2 rings (SSSR count). The molecule has 1 saturated carbocycles. The second kappa shape index (κ2) is 4.67. The van der Waals surface area contributed by atoms with Crippen LogP contribution in [0.5, 0.6) is 0 Å². The molecule has 3 N–H and O–H groups in total. The van der Waals surface area contributed by atoms with E-state index in [0.29, 0.717) is 6.54 Å². The van der Waals surface area contributed by atoms with Crippen LogP contribution < -0.4 is 11.1 Å². The van der Waals surface area contributed by atoms with E-state index < -0.39 is 5.54 Å². The van der Waals surface area contributed by atoms with Crippen molar-refractivity contribution < 1.29 is 9.53 Å². The van der Waals surface area contributed by atoms with Crippen LogP contribution in [0.25, 0.3) is 0 Å². The highest BCUT2D eigenvalue weighted by molar-refractivity contribution is 5.89. The summed E-state index contributed by atoms with van der Waals surface area (Å²) in [5, 5.41) is 2.92. The molecular weight excluding hydrogens is 228 g/mol. The van der Waals surface area contributed by atoms with Crippen LogP contribution in [-0.2, 0) is 9.53 Å². The molecule has 0 spiro atoms. The van der Waals surface area contributed by atoms with Crippen molar-refractivity contribution in [1.29, 1.82) is 0 Å². The molecule has 1 amide bonds. The van der Waals surface area contributed by atoms with E-state index in [4.69, 9.17) is 10.5 Å². The Morgan fingerprint density at radius 2 is 2.33 bits per heavy atom. The van der Waals surface area contributed by atoms with Crippen LogP contribution in [0, 0.1) is 11.3 Å². The Kier molecular flexibility index (Phi) is 3.52. The predicted molar refractivity (Wildman–Crippen MR) is 71.0 cm³/mol. The molecule has 18 heavy (non-hydrogen) atoms. The van der Waals surface area contributed by atoms with E-state index in [1.165, 1.54) is 0 Å². The Bertz CT molecular complexity index is 354. The highest BCUT2D eigenvalue weighted by Crippen LogP contribution is 2.57. The lowest BCUT2D eigenvalue weighted by Crippen LogP contribution is -2.82. The topological polar surface area (TPSA) is 64.4 Å². The van der Waals surface area contributed by atoms with Gasteiger partial charge in [0.2, 0.25) is 5.91 Å². The first-order valence-electron chi connectivity index (χ1n) is 6.76. The summed E-state index contributed by atoms with van der Waals surface area (Å²) in [7, 11) is 0. The van der Waals surface area contributed by atoms with Crippen molar-refractivity contribution in [3.8, 4) is 0 Å². The van der Waals surface area contributed by atoms with Gasteiger partial charge < -0.3 is 15.8 Å². The first-order chi connectivity index (χ1) is 8.46. The third kappa shape index (κ3) is 1.70. The molecule has 0 aromatic rings. The first-order valence-corrected chi connectivity index (χ1v) is 6.76. The van der Waals surface area contributed by atoms with E-state index in [2.05, 4.69) is 11.9 Å². The van der Waals surface area contributed by atoms with Crippen LogP contribution in [0.1, 0.15) is 33.1 Å². The third-order valence-corrected chi connectivity index (χ3v) is 4.69. The molecule has 3 unspecified atom stereocenters. The average molecular weight is 252 g/mol. The van der Waals surface area contributed by atoms with Gasteiger partial charge in [-0.2, -0.15) is 0 Å². The van der Waals surface area contributed by atoms with Gasteiger partial charge in [0.25, 0.3) is 0 Å². The van der Waals surface area contributed by atoms with Gasteiger partial charge in [-0.05, 0) is 19.3 Å². The number of hydrogen-bond acceptors (Lipinski definition) is 3. The second-order valence-electron chi connectivity index (χ2n) is 5.96. The molecule has 102 valence electrons. The molecule has 3 atom stereocenters. The number of carbonyl (C=O) groups excluding carboxylic acids is 1. The highest BCUT2D eigenvalue weighted by Gasteiger charge is 2.70. The Morgan fingerprint density at radius 3 is 3.00 bits per heavy atom. The predicted octanol–water partition coefficient (Wildman–Crippen LogP) is 1.21. The molecule has 1 heterocycles. The lowest BCUT2D eigenvalue weighted by atomic mass is 9.46. The summed E-state index contributed by atoms with van der Waals surface area (Å²) in [6, 6.07) is 0. The Morgan fingerprint density at radius 1 is 1.61 bits per heavy atom. The summed E-state index contributed by atoms with van der Waals surface area (Å²) in [4.78, 5) is 12.4. The first kappa shape index (κ1) is 13.6. The molecule has 2 fully saturated rings. The van der Waals surface area contributed by atoms with E-state index >= 15 is 0 Å². The Hall–Kier alpha value is -0.870. The van der Waals surface area contributed by atoms with E-state index in [9.17, 15) is 4.79 Å². The van der Waals surface area contributed by atoms with Crippen LogP contribution in [0.15, 0.2) is 12.7 Å². The maximum absolute atomic E-state index is 12.4. The average Bonchev–Trinajstić information content (AvgIpc) is 2.37. The van der Waals surface area contributed by atoms with Gasteiger partial charge in [-0.15, -0.1) is 6.58 Å². The molecule has 1 aliphatic carbocycles. The zero-order valence-electron chi connectivity index (χ0n) is 11.4. The van der Waals surface area contributed by atoms with Crippen LogP contribution >= 0.6 is 0 Å². The summed E-state index contributed by atoms with van der Waals surface area (Å²) in [5.74, 6) is 0.117. The SMILES string of the molecule is C=CCCNC(=O)C1(N)C2CCCOC2C1(C)C. The summed E-state index contributed by atoms with van der Waals surface area (Å²) >= 11 is 0. The second-order valence-corrected chi connectivity index (χ2v) is 5.96. The standard InChI is InChI=1S/C14H24N2O2/c1-4-5-8-16-12(17)14(15)10-7-6-9-18-11(10)13(14,2)3/h4,10-11H,1,5-9,15H2,2-3H3,(H,16,17). The summed E-state index contributed by atoms with van der Waals surface area (Å²) in [5.41, 5.74) is 5.36. The van der Waals surface area contributed by atoms with Crippen molar-refractivity contribution in [1.82, 2.24) is 5.32 Å². The van der Waals surface area contributed by atoms with Crippen molar-refractivity contribution in [2.24, 2.45) is 17.1 Å². The van der Waals surface area contributed by atoms with Gasteiger partial charge in [0.05, 0.1) is 6.10 Å². The van der Waals surface area contributed by atoms with Crippen molar-refractivity contribution in [2.45, 2.75) is 44.8 Å². The number of ether oxygens (including phenoxy) is 1. The maximum atomic E-state index is 12.4. The largest absolute Gasteiger partial charge is 0.377 e. The normalized spacial score (nSPS) is 37.3. The number of rotatable bonds is 4. The monoisotopic (exact) mass is 252 g/mol. The smallest absolute Gasteiger partial charge is 0.241 e. The summed E-state index contributed by atoms with van der Waals surface area (Å²) in [6.07, 6.45) is 4.67. The van der Waals surface area contributed by atoms with Crippen molar-refractivity contribution in [2.75, 3.05) is 13.2 Å². The van der Waals surface area contributed by atoms with Crippen LogP contribution in [0.4, 0.5) is 0 Å². The molecule has 0 radical (unpaired) electrons. The lowest BCUT2D eigenvalue weighted by Gasteiger charge is -2.65. The molecule has 4 nitrogen and oxygen atoms in total. The van der Waals surface area contributed by atoms with E-state index in [-0.39, 0.29) is 23.3 Å². The molecule has 4 heteroatoms. The van der Waals surface area contributed by atoms with Crippen molar-refractivity contribution in [3.05, 3.63) is 12.7 Å². The zero-order valence-corrected chi connectivity index (χ0v) is 11.4. The van der Waals surface area contributed by atoms with Crippen molar-refractivity contribution in [3.63, 3.8) is 0 Å². The van der Waals surface area contributed by atoms with Gasteiger partial charge in [-0.1, -0.05) is 19.9 Å². The van der Waals surface area contributed by atoms with Crippen molar-refractivity contribution >= 4 is 5.91 Å². The Balaban J connectivity index is 2.08. The third-order valence-electron chi connectivity index (χ3n) is 4.69. The summed E-state index contributed by atoms with van der Waals surface area (Å²) in [6.45, 7) is 9.11.